The van der Waals surface area contributed by atoms with Crippen molar-refractivity contribution in [3.63, 3.8) is 0 Å². The van der Waals surface area contributed by atoms with Crippen LogP contribution in [0.3, 0.4) is 0 Å². The van der Waals surface area contributed by atoms with Crippen molar-refractivity contribution in [1.29, 1.82) is 0 Å². The van der Waals surface area contributed by atoms with Gasteiger partial charge in [0.05, 0.1) is 6.42 Å². The Bertz CT molecular complexity index is 1050. The molecule has 0 unspecified atom stereocenters. The molecule has 0 saturated carbocycles. The summed E-state index contributed by atoms with van der Waals surface area (Å²) in [4.78, 5) is 32.8. The average molecular weight is 404 g/mol. The molecule has 7 heteroatoms. The third-order valence-corrected chi connectivity index (χ3v) is 5.20. The molecule has 0 bridgehead atoms. The van der Waals surface area contributed by atoms with Crippen molar-refractivity contribution in [3.8, 4) is 11.3 Å². The van der Waals surface area contributed by atoms with Crippen molar-refractivity contribution in [3.05, 3.63) is 71.8 Å². The van der Waals surface area contributed by atoms with E-state index in [4.69, 9.17) is 10.2 Å². The van der Waals surface area contributed by atoms with E-state index in [1.165, 1.54) is 0 Å². The SMILES string of the molecule is Cc1nc(-c2ccccc2)c(C(=O)N2CCN(c3cccc(CC(N)=O)c3)CC2)o1. The molecule has 2 aromatic carbocycles. The normalized spacial score (nSPS) is 14.0. The van der Waals surface area contributed by atoms with Crippen LogP contribution in [-0.2, 0) is 11.2 Å². The summed E-state index contributed by atoms with van der Waals surface area (Å²) >= 11 is 0. The molecular formula is C23H24N4O3. The van der Waals surface area contributed by atoms with Crippen LogP contribution < -0.4 is 10.6 Å². The monoisotopic (exact) mass is 404 g/mol. The molecular weight excluding hydrogens is 380 g/mol. The predicted octanol–water partition coefficient (Wildman–Crippen LogP) is 2.64. The summed E-state index contributed by atoms with van der Waals surface area (Å²) in [7, 11) is 0. The first-order valence-corrected chi connectivity index (χ1v) is 9.95. The number of rotatable bonds is 5. The zero-order valence-corrected chi connectivity index (χ0v) is 16.9. The van der Waals surface area contributed by atoms with Crippen molar-refractivity contribution in [2.45, 2.75) is 13.3 Å². The lowest BCUT2D eigenvalue weighted by Crippen LogP contribution is -2.48. The molecule has 1 aliphatic heterocycles. The number of carbonyl (C=O) groups is 2. The van der Waals surface area contributed by atoms with Crippen LogP contribution in [0.15, 0.2) is 59.0 Å². The third kappa shape index (κ3) is 4.20. The molecule has 4 rings (SSSR count). The number of hydrogen-bond acceptors (Lipinski definition) is 5. The molecule has 1 saturated heterocycles. The van der Waals surface area contributed by atoms with Gasteiger partial charge >= 0.3 is 0 Å². The number of oxazole rings is 1. The topological polar surface area (TPSA) is 92.7 Å². The summed E-state index contributed by atoms with van der Waals surface area (Å²) in [6.07, 6.45) is 0.222. The molecule has 0 radical (unpaired) electrons. The van der Waals surface area contributed by atoms with E-state index in [1.807, 2.05) is 54.6 Å². The molecule has 0 aliphatic carbocycles. The summed E-state index contributed by atoms with van der Waals surface area (Å²) < 4.78 is 5.69. The number of anilines is 1. The van der Waals surface area contributed by atoms with Crippen molar-refractivity contribution < 1.29 is 14.0 Å². The van der Waals surface area contributed by atoms with E-state index >= 15 is 0 Å². The molecule has 3 aromatic rings. The second kappa shape index (κ2) is 8.41. The first-order valence-electron chi connectivity index (χ1n) is 9.95. The standard InChI is InChI=1S/C23H24N4O3/c1-16-25-21(18-7-3-2-4-8-18)22(30-16)23(29)27-12-10-26(11-13-27)19-9-5-6-17(14-19)15-20(24)28/h2-9,14H,10-13,15H2,1H3,(H2,24,28). The Kier molecular flexibility index (Phi) is 5.52. The zero-order valence-electron chi connectivity index (χ0n) is 16.9. The van der Waals surface area contributed by atoms with Gasteiger partial charge in [0, 0.05) is 44.4 Å². The number of primary amides is 1. The van der Waals surface area contributed by atoms with E-state index in [9.17, 15) is 9.59 Å². The van der Waals surface area contributed by atoms with Crippen LogP contribution in [0.5, 0.6) is 0 Å². The van der Waals surface area contributed by atoms with Crippen molar-refractivity contribution in [2.75, 3.05) is 31.1 Å². The highest BCUT2D eigenvalue weighted by Gasteiger charge is 2.28. The Morgan fingerprint density at radius 1 is 1.03 bits per heavy atom. The number of benzene rings is 2. The Balaban J connectivity index is 1.46. The van der Waals surface area contributed by atoms with Crippen LogP contribution >= 0.6 is 0 Å². The summed E-state index contributed by atoms with van der Waals surface area (Å²) in [6, 6.07) is 17.4. The molecule has 1 aliphatic rings. The maximum absolute atomic E-state index is 13.1. The van der Waals surface area contributed by atoms with E-state index < -0.39 is 0 Å². The molecule has 2 amide bonds. The number of amides is 2. The smallest absolute Gasteiger partial charge is 0.292 e. The van der Waals surface area contributed by atoms with Crippen LogP contribution in [0, 0.1) is 6.92 Å². The van der Waals surface area contributed by atoms with Crippen LogP contribution in [0.25, 0.3) is 11.3 Å². The molecule has 0 spiro atoms. The fourth-order valence-corrected chi connectivity index (χ4v) is 3.74. The minimum atomic E-state index is -0.348. The van der Waals surface area contributed by atoms with Crippen molar-refractivity contribution in [2.24, 2.45) is 5.73 Å². The second-order valence-corrected chi connectivity index (χ2v) is 7.37. The van der Waals surface area contributed by atoms with Crippen molar-refractivity contribution >= 4 is 17.5 Å². The molecule has 0 atom stereocenters. The molecule has 30 heavy (non-hydrogen) atoms. The van der Waals surface area contributed by atoms with E-state index in [1.54, 1.807) is 11.8 Å². The Hall–Kier alpha value is -3.61. The van der Waals surface area contributed by atoms with Crippen LogP contribution in [0.1, 0.15) is 22.0 Å². The highest BCUT2D eigenvalue weighted by Crippen LogP contribution is 2.26. The van der Waals surface area contributed by atoms with E-state index in [0.717, 1.165) is 16.8 Å². The minimum absolute atomic E-state index is 0.142. The van der Waals surface area contributed by atoms with E-state index in [0.29, 0.717) is 37.8 Å². The van der Waals surface area contributed by atoms with Gasteiger partial charge in [-0.05, 0) is 17.7 Å². The molecule has 2 heterocycles. The number of carbonyl (C=O) groups excluding carboxylic acids is 2. The largest absolute Gasteiger partial charge is 0.435 e. The number of aromatic nitrogens is 1. The van der Waals surface area contributed by atoms with Gasteiger partial charge in [-0.25, -0.2) is 4.98 Å². The zero-order chi connectivity index (χ0) is 21.1. The van der Waals surface area contributed by atoms with Crippen molar-refractivity contribution in [1.82, 2.24) is 9.88 Å². The quantitative estimate of drug-likeness (QED) is 0.706. The maximum Gasteiger partial charge on any atom is 0.292 e. The minimum Gasteiger partial charge on any atom is -0.435 e. The lowest BCUT2D eigenvalue weighted by Gasteiger charge is -2.36. The molecule has 154 valence electrons. The van der Waals surface area contributed by atoms with E-state index in [-0.39, 0.29) is 24.0 Å². The molecule has 1 aromatic heterocycles. The van der Waals surface area contributed by atoms with Gasteiger partial charge in [0.2, 0.25) is 11.7 Å². The maximum atomic E-state index is 13.1. The Labute approximate surface area is 175 Å². The average Bonchev–Trinajstić information content (AvgIpc) is 3.15. The fraction of sp³-hybridized carbons (Fsp3) is 0.261. The number of hydrogen-bond donors (Lipinski definition) is 1. The van der Waals surface area contributed by atoms with Crippen LogP contribution in [0.2, 0.25) is 0 Å². The van der Waals surface area contributed by atoms with Crippen LogP contribution in [-0.4, -0.2) is 47.9 Å². The lowest BCUT2D eigenvalue weighted by molar-refractivity contribution is -0.117. The third-order valence-electron chi connectivity index (χ3n) is 5.20. The van der Waals surface area contributed by atoms with Gasteiger partial charge in [-0.3, -0.25) is 9.59 Å². The first kappa shape index (κ1) is 19.7. The van der Waals surface area contributed by atoms with Gasteiger partial charge in [0.25, 0.3) is 5.91 Å². The number of piperazine rings is 1. The summed E-state index contributed by atoms with van der Waals surface area (Å²) in [6.45, 7) is 4.29. The summed E-state index contributed by atoms with van der Waals surface area (Å²) in [5.41, 5.74) is 8.67. The predicted molar refractivity (Wildman–Crippen MR) is 114 cm³/mol. The van der Waals surface area contributed by atoms with E-state index in [2.05, 4.69) is 9.88 Å². The van der Waals surface area contributed by atoms with Gasteiger partial charge in [0.15, 0.2) is 5.89 Å². The number of nitrogens with two attached hydrogens (primary N) is 1. The van der Waals surface area contributed by atoms with Gasteiger partial charge in [-0.15, -0.1) is 0 Å². The van der Waals surface area contributed by atoms with Gasteiger partial charge in [0.1, 0.15) is 5.69 Å². The summed E-state index contributed by atoms with van der Waals surface area (Å²) in [5, 5.41) is 0. The van der Waals surface area contributed by atoms with Crippen LogP contribution in [0.4, 0.5) is 5.69 Å². The highest BCUT2D eigenvalue weighted by molar-refractivity contribution is 5.97. The summed E-state index contributed by atoms with van der Waals surface area (Å²) in [5.74, 6) is 0.272. The second-order valence-electron chi connectivity index (χ2n) is 7.37. The Morgan fingerprint density at radius 2 is 1.77 bits per heavy atom. The molecule has 2 N–H and O–H groups in total. The molecule has 1 fully saturated rings. The first-order chi connectivity index (χ1) is 14.5. The Morgan fingerprint density at radius 3 is 2.47 bits per heavy atom. The van der Waals surface area contributed by atoms with Gasteiger partial charge in [-0.2, -0.15) is 0 Å². The number of aryl methyl sites for hydroxylation is 1. The van der Waals surface area contributed by atoms with Gasteiger partial charge in [-0.1, -0.05) is 42.5 Å². The van der Waals surface area contributed by atoms with Gasteiger partial charge < -0.3 is 20.0 Å². The lowest BCUT2D eigenvalue weighted by atomic mass is 10.1. The highest BCUT2D eigenvalue weighted by atomic mass is 16.4. The number of nitrogens with zero attached hydrogens (tertiary/aromatic N) is 3. The molecule has 7 nitrogen and oxygen atoms in total. The fourth-order valence-electron chi connectivity index (χ4n) is 3.74.